The molecule has 0 aromatic heterocycles. The Labute approximate surface area is 183 Å². The fourth-order valence-corrected chi connectivity index (χ4v) is 4.68. The van der Waals surface area contributed by atoms with E-state index in [0.717, 1.165) is 28.3 Å². The summed E-state index contributed by atoms with van der Waals surface area (Å²) in [6.45, 7) is 4.27. The highest BCUT2D eigenvalue weighted by Crippen LogP contribution is 2.23. The fourth-order valence-electron chi connectivity index (χ4n) is 3.47. The Bertz CT molecular complexity index is 1140. The molecule has 0 fully saturated rings. The maximum Gasteiger partial charge on any atom is 0.244 e. The standard InChI is InChI=1S/C24H28N2O4S/c1-4-23(26(31(3,28)29)21-12-9-18(2)10-13-21)24(27)25-15-16-30-22-14-11-19-7-5-6-8-20(19)17-22/h5-14,17,23H,4,15-16H2,1-3H3,(H,25,27). The maximum absolute atomic E-state index is 12.8. The van der Waals surface area contributed by atoms with Gasteiger partial charge in [0, 0.05) is 0 Å². The first-order chi connectivity index (χ1) is 14.8. The van der Waals surface area contributed by atoms with E-state index in [1.807, 2.05) is 61.5 Å². The van der Waals surface area contributed by atoms with Crippen molar-refractivity contribution >= 4 is 32.4 Å². The van der Waals surface area contributed by atoms with Crippen molar-refractivity contribution in [1.82, 2.24) is 5.32 Å². The first-order valence-corrected chi connectivity index (χ1v) is 12.1. The van der Waals surface area contributed by atoms with Gasteiger partial charge in [-0.2, -0.15) is 0 Å². The Kier molecular flexibility index (Phi) is 7.17. The first kappa shape index (κ1) is 22.6. The van der Waals surface area contributed by atoms with Crippen molar-refractivity contribution in [2.24, 2.45) is 0 Å². The number of rotatable bonds is 9. The summed E-state index contributed by atoms with van der Waals surface area (Å²) in [5, 5.41) is 5.02. The highest BCUT2D eigenvalue weighted by Gasteiger charge is 2.31. The number of hydrogen-bond donors (Lipinski definition) is 1. The van der Waals surface area contributed by atoms with Crippen LogP contribution in [0.3, 0.4) is 0 Å². The molecule has 0 aliphatic heterocycles. The van der Waals surface area contributed by atoms with Crippen LogP contribution in [0.2, 0.25) is 0 Å². The molecule has 1 atom stereocenters. The molecule has 0 saturated heterocycles. The number of aryl methyl sites for hydroxylation is 1. The minimum Gasteiger partial charge on any atom is -0.492 e. The van der Waals surface area contributed by atoms with Crippen LogP contribution in [0.5, 0.6) is 5.75 Å². The molecule has 0 radical (unpaired) electrons. The van der Waals surface area contributed by atoms with Gasteiger partial charge in [0.25, 0.3) is 0 Å². The fraction of sp³-hybridized carbons (Fsp3) is 0.292. The average molecular weight is 441 g/mol. The number of anilines is 1. The molecule has 0 heterocycles. The number of fused-ring (bicyclic) bond motifs is 1. The van der Waals surface area contributed by atoms with E-state index < -0.39 is 16.1 Å². The Morgan fingerprint density at radius 1 is 1.03 bits per heavy atom. The molecule has 3 aromatic rings. The van der Waals surface area contributed by atoms with Crippen LogP contribution in [0, 0.1) is 6.92 Å². The third kappa shape index (κ3) is 5.76. The van der Waals surface area contributed by atoms with E-state index in [9.17, 15) is 13.2 Å². The molecular formula is C24H28N2O4S. The van der Waals surface area contributed by atoms with Gasteiger partial charge in [0.1, 0.15) is 18.4 Å². The second-order valence-electron chi connectivity index (χ2n) is 7.47. The van der Waals surface area contributed by atoms with Crippen molar-refractivity contribution in [2.75, 3.05) is 23.7 Å². The van der Waals surface area contributed by atoms with Crippen LogP contribution in [0.25, 0.3) is 10.8 Å². The lowest BCUT2D eigenvalue weighted by Gasteiger charge is -2.30. The van der Waals surface area contributed by atoms with Gasteiger partial charge in [-0.3, -0.25) is 9.10 Å². The monoisotopic (exact) mass is 440 g/mol. The molecule has 0 saturated carbocycles. The van der Waals surface area contributed by atoms with Crippen LogP contribution in [0.15, 0.2) is 66.7 Å². The molecule has 0 bridgehead atoms. The zero-order chi connectivity index (χ0) is 22.4. The molecule has 1 amide bonds. The summed E-state index contributed by atoms with van der Waals surface area (Å²) < 4.78 is 31.9. The van der Waals surface area contributed by atoms with Crippen molar-refractivity contribution in [3.05, 3.63) is 72.3 Å². The van der Waals surface area contributed by atoms with Gasteiger partial charge >= 0.3 is 0 Å². The third-order valence-electron chi connectivity index (χ3n) is 5.01. The van der Waals surface area contributed by atoms with Crippen LogP contribution >= 0.6 is 0 Å². The Morgan fingerprint density at radius 3 is 2.35 bits per heavy atom. The number of benzene rings is 3. The molecule has 3 aromatic carbocycles. The number of amides is 1. The van der Waals surface area contributed by atoms with E-state index in [1.165, 1.54) is 4.31 Å². The largest absolute Gasteiger partial charge is 0.492 e. The molecule has 1 unspecified atom stereocenters. The zero-order valence-corrected chi connectivity index (χ0v) is 18.9. The second kappa shape index (κ2) is 9.83. The van der Waals surface area contributed by atoms with E-state index in [2.05, 4.69) is 5.32 Å². The van der Waals surface area contributed by atoms with Crippen molar-refractivity contribution < 1.29 is 17.9 Å². The average Bonchev–Trinajstić information content (AvgIpc) is 2.74. The van der Waals surface area contributed by atoms with Crippen molar-refractivity contribution in [1.29, 1.82) is 0 Å². The maximum atomic E-state index is 12.8. The van der Waals surface area contributed by atoms with E-state index >= 15 is 0 Å². The van der Waals surface area contributed by atoms with Crippen LogP contribution in [-0.2, 0) is 14.8 Å². The SMILES string of the molecule is CCC(C(=O)NCCOc1ccc2ccccc2c1)N(c1ccc(C)cc1)S(C)(=O)=O. The van der Waals surface area contributed by atoms with Crippen LogP contribution in [0.4, 0.5) is 5.69 Å². The molecular weight excluding hydrogens is 412 g/mol. The summed E-state index contributed by atoms with van der Waals surface area (Å²) in [4.78, 5) is 12.8. The van der Waals surface area contributed by atoms with Crippen molar-refractivity contribution in [3.8, 4) is 5.75 Å². The zero-order valence-electron chi connectivity index (χ0n) is 18.0. The Morgan fingerprint density at radius 2 is 1.71 bits per heavy atom. The van der Waals surface area contributed by atoms with E-state index in [4.69, 9.17) is 4.74 Å². The summed E-state index contributed by atoms with van der Waals surface area (Å²) in [6.07, 6.45) is 1.46. The molecule has 6 nitrogen and oxygen atoms in total. The Balaban J connectivity index is 1.63. The van der Waals surface area contributed by atoms with Crippen molar-refractivity contribution in [3.63, 3.8) is 0 Å². The third-order valence-corrected chi connectivity index (χ3v) is 6.19. The van der Waals surface area contributed by atoms with Gasteiger partial charge in [0.2, 0.25) is 15.9 Å². The van der Waals surface area contributed by atoms with Crippen LogP contribution in [0.1, 0.15) is 18.9 Å². The molecule has 31 heavy (non-hydrogen) atoms. The topological polar surface area (TPSA) is 75.7 Å². The van der Waals surface area contributed by atoms with E-state index in [1.54, 1.807) is 19.1 Å². The van der Waals surface area contributed by atoms with Gasteiger partial charge in [-0.15, -0.1) is 0 Å². The summed E-state index contributed by atoms with van der Waals surface area (Å²) in [5.41, 5.74) is 1.49. The summed E-state index contributed by atoms with van der Waals surface area (Å²) in [5.74, 6) is 0.369. The number of nitrogens with one attached hydrogen (secondary N) is 1. The van der Waals surface area contributed by atoms with Crippen LogP contribution < -0.4 is 14.4 Å². The lowest BCUT2D eigenvalue weighted by atomic mass is 10.1. The number of hydrogen-bond acceptors (Lipinski definition) is 4. The summed E-state index contributed by atoms with van der Waals surface area (Å²) in [6, 6.07) is 20.1. The highest BCUT2D eigenvalue weighted by atomic mass is 32.2. The normalized spacial score (nSPS) is 12.4. The minimum absolute atomic E-state index is 0.271. The highest BCUT2D eigenvalue weighted by molar-refractivity contribution is 7.92. The first-order valence-electron chi connectivity index (χ1n) is 10.2. The van der Waals surface area contributed by atoms with Gasteiger partial charge in [-0.05, 0) is 48.4 Å². The molecule has 0 aliphatic carbocycles. The number of nitrogens with zero attached hydrogens (tertiary/aromatic N) is 1. The molecule has 7 heteroatoms. The van der Waals surface area contributed by atoms with E-state index in [0.29, 0.717) is 12.1 Å². The van der Waals surface area contributed by atoms with E-state index in [-0.39, 0.29) is 19.1 Å². The van der Waals surface area contributed by atoms with Gasteiger partial charge < -0.3 is 10.1 Å². The molecule has 3 rings (SSSR count). The van der Waals surface area contributed by atoms with Gasteiger partial charge in [-0.25, -0.2) is 8.42 Å². The lowest BCUT2D eigenvalue weighted by Crippen LogP contribution is -2.50. The summed E-state index contributed by atoms with van der Waals surface area (Å²) >= 11 is 0. The molecule has 1 N–H and O–H groups in total. The van der Waals surface area contributed by atoms with Gasteiger partial charge in [0.05, 0.1) is 18.5 Å². The van der Waals surface area contributed by atoms with Crippen molar-refractivity contribution in [2.45, 2.75) is 26.3 Å². The summed E-state index contributed by atoms with van der Waals surface area (Å²) in [7, 11) is -3.64. The molecule has 164 valence electrons. The number of carbonyl (C=O) groups excluding carboxylic acids is 1. The number of sulfonamides is 1. The Hall–Kier alpha value is -3.06. The number of carbonyl (C=O) groups is 1. The lowest BCUT2D eigenvalue weighted by molar-refractivity contribution is -0.122. The molecule has 0 aliphatic rings. The smallest absolute Gasteiger partial charge is 0.244 e. The minimum atomic E-state index is -3.64. The number of ether oxygens (including phenoxy) is 1. The van der Waals surface area contributed by atoms with Gasteiger partial charge in [0.15, 0.2) is 0 Å². The predicted octanol–water partition coefficient (Wildman–Crippen LogP) is 3.89. The predicted molar refractivity (Wildman–Crippen MR) is 125 cm³/mol. The van der Waals surface area contributed by atoms with Crippen LogP contribution in [-0.4, -0.2) is 39.8 Å². The van der Waals surface area contributed by atoms with Gasteiger partial charge in [-0.1, -0.05) is 55.0 Å². The molecule has 0 spiro atoms. The quantitative estimate of drug-likeness (QED) is 0.512. The second-order valence-corrected chi connectivity index (χ2v) is 9.33.